The lowest BCUT2D eigenvalue weighted by Crippen LogP contribution is -2.19. The van der Waals surface area contributed by atoms with Crippen LogP contribution in [-0.2, 0) is 0 Å². The summed E-state index contributed by atoms with van der Waals surface area (Å²) in [7, 11) is 0. The van der Waals surface area contributed by atoms with E-state index in [2.05, 4.69) is 27.4 Å². The van der Waals surface area contributed by atoms with E-state index in [1.165, 1.54) is 6.42 Å². The van der Waals surface area contributed by atoms with E-state index in [4.69, 9.17) is 0 Å². The zero-order valence-electron chi connectivity index (χ0n) is 9.51. The van der Waals surface area contributed by atoms with Gasteiger partial charge in [0.2, 0.25) is 0 Å². The number of fused-ring (bicyclic) bond motifs is 1. The molecule has 2 aromatic heterocycles. The third-order valence-corrected chi connectivity index (χ3v) is 3.27. The molecule has 2 aromatic rings. The second kappa shape index (κ2) is 3.52. The zero-order chi connectivity index (χ0) is 11.1. The van der Waals surface area contributed by atoms with Gasteiger partial charge in [0, 0.05) is 11.8 Å². The second-order valence-electron chi connectivity index (χ2n) is 4.51. The summed E-state index contributed by atoms with van der Waals surface area (Å²) in [5.74, 6) is 1.58. The van der Waals surface area contributed by atoms with E-state index in [0.717, 1.165) is 23.7 Å². The Kier molecular flexibility index (Phi) is 2.14. The highest BCUT2D eigenvalue weighted by Crippen LogP contribution is 2.27. The third-order valence-electron chi connectivity index (χ3n) is 3.27. The van der Waals surface area contributed by atoms with E-state index >= 15 is 0 Å². The molecule has 3 heterocycles. The summed E-state index contributed by atoms with van der Waals surface area (Å²) in [6.45, 7) is 5.26. The van der Waals surface area contributed by atoms with Gasteiger partial charge in [-0.05, 0) is 25.8 Å². The number of aromatic nitrogens is 4. The van der Waals surface area contributed by atoms with Crippen molar-refractivity contribution in [1.82, 2.24) is 24.9 Å². The van der Waals surface area contributed by atoms with E-state index in [1.54, 1.807) is 0 Å². The maximum Gasteiger partial charge on any atom is 0.163 e. The molecule has 3 rings (SSSR count). The average Bonchev–Trinajstić information content (AvgIpc) is 2.83. The number of rotatable bonds is 1. The SMILES string of the molecule is Cc1cc2nnc(C3NCCC3C)n2cn1. The Morgan fingerprint density at radius 2 is 2.31 bits per heavy atom. The van der Waals surface area contributed by atoms with E-state index in [1.807, 2.05) is 23.7 Å². The van der Waals surface area contributed by atoms with Gasteiger partial charge in [-0.2, -0.15) is 0 Å². The summed E-state index contributed by atoms with van der Waals surface area (Å²) in [5, 5.41) is 11.9. The van der Waals surface area contributed by atoms with Crippen LogP contribution < -0.4 is 5.32 Å². The van der Waals surface area contributed by atoms with E-state index in [9.17, 15) is 0 Å². The quantitative estimate of drug-likeness (QED) is 0.777. The van der Waals surface area contributed by atoms with Gasteiger partial charge in [0.15, 0.2) is 11.5 Å². The van der Waals surface area contributed by atoms with Crippen LogP contribution in [0.5, 0.6) is 0 Å². The van der Waals surface area contributed by atoms with Gasteiger partial charge in [-0.1, -0.05) is 6.92 Å². The van der Waals surface area contributed by atoms with Crippen molar-refractivity contribution < 1.29 is 0 Å². The summed E-state index contributed by atoms with van der Waals surface area (Å²) >= 11 is 0. The predicted molar refractivity (Wildman–Crippen MR) is 60.0 cm³/mol. The van der Waals surface area contributed by atoms with Crippen LogP contribution in [-0.4, -0.2) is 26.1 Å². The van der Waals surface area contributed by atoms with Gasteiger partial charge in [-0.25, -0.2) is 4.98 Å². The summed E-state index contributed by atoms with van der Waals surface area (Å²) in [4.78, 5) is 4.29. The fourth-order valence-electron chi connectivity index (χ4n) is 2.30. The van der Waals surface area contributed by atoms with Crippen LogP contribution >= 0.6 is 0 Å². The molecule has 2 unspecified atom stereocenters. The molecule has 84 valence electrons. The normalized spacial score (nSPS) is 25.4. The van der Waals surface area contributed by atoms with Crippen LogP contribution in [0, 0.1) is 12.8 Å². The molecule has 0 saturated carbocycles. The number of aryl methyl sites for hydroxylation is 1. The molecule has 0 spiro atoms. The van der Waals surface area contributed by atoms with Gasteiger partial charge in [-0.15, -0.1) is 10.2 Å². The molecule has 5 heteroatoms. The summed E-state index contributed by atoms with van der Waals surface area (Å²) < 4.78 is 1.98. The Morgan fingerprint density at radius 1 is 1.44 bits per heavy atom. The highest BCUT2D eigenvalue weighted by Gasteiger charge is 2.28. The van der Waals surface area contributed by atoms with Crippen LogP contribution in [0.15, 0.2) is 12.4 Å². The maximum absolute atomic E-state index is 4.29. The van der Waals surface area contributed by atoms with Crippen molar-refractivity contribution in [3.63, 3.8) is 0 Å². The number of hydrogen-bond donors (Lipinski definition) is 1. The lowest BCUT2D eigenvalue weighted by atomic mass is 10.0. The van der Waals surface area contributed by atoms with Gasteiger partial charge >= 0.3 is 0 Å². The molecule has 5 nitrogen and oxygen atoms in total. The summed E-state index contributed by atoms with van der Waals surface area (Å²) in [6.07, 6.45) is 3.01. The zero-order valence-corrected chi connectivity index (χ0v) is 9.51. The molecule has 16 heavy (non-hydrogen) atoms. The fourth-order valence-corrected chi connectivity index (χ4v) is 2.30. The molecule has 0 bridgehead atoms. The average molecular weight is 217 g/mol. The summed E-state index contributed by atoms with van der Waals surface area (Å²) in [5.41, 5.74) is 1.85. The fraction of sp³-hybridized carbons (Fsp3) is 0.545. The third kappa shape index (κ3) is 1.39. The first-order chi connectivity index (χ1) is 7.75. The molecule has 1 aliphatic rings. The first-order valence-corrected chi connectivity index (χ1v) is 5.66. The molecular formula is C11H15N5. The standard InChI is InChI=1S/C11H15N5/c1-7-3-4-12-10(7)11-15-14-9-5-8(2)13-6-16(9)11/h5-7,10,12H,3-4H2,1-2H3. The van der Waals surface area contributed by atoms with Crippen molar-refractivity contribution >= 4 is 5.65 Å². The van der Waals surface area contributed by atoms with Crippen LogP contribution in [0.2, 0.25) is 0 Å². The van der Waals surface area contributed by atoms with Crippen molar-refractivity contribution in [3.05, 3.63) is 23.9 Å². The van der Waals surface area contributed by atoms with E-state index < -0.39 is 0 Å². The van der Waals surface area contributed by atoms with Gasteiger partial charge in [0.05, 0.1) is 6.04 Å². The topological polar surface area (TPSA) is 55.1 Å². The van der Waals surface area contributed by atoms with Gasteiger partial charge in [0.25, 0.3) is 0 Å². The van der Waals surface area contributed by atoms with Crippen LogP contribution in [0.1, 0.15) is 30.9 Å². The molecule has 1 saturated heterocycles. The van der Waals surface area contributed by atoms with Crippen molar-refractivity contribution in [1.29, 1.82) is 0 Å². The summed E-state index contributed by atoms with van der Waals surface area (Å²) in [6, 6.07) is 2.26. The van der Waals surface area contributed by atoms with Gasteiger partial charge in [-0.3, -0.25) is 4.40 Å². The van der Waals surface area contributed by atoms with Crippen molar-refractivity contribution in [2.45, 2.75) is 26.3 Å². The highest BCUT2D eigenvalue weighted by molar-refractivity contribution is 5.38. The molecule has 0 radical (unpaired) electrons. The molecular weight excluding hydrogens is 202 g/mol. The molecule has 0 aliphatic carbocycles. The first-order valence-electron chi connectivity index (χ1n) is 5.66. The minimum Gasteiger partial charge on any atom is -0.307 e. The second-order valence-corrected chi connectivity index (χ2v) is 4.51. The lowest BCUT2D eigenvalue weighted by molar-refractivity contribution is 0.475. The van der Waals surface area contributed by atoms with Crippen molar-refractivity contribution in [3.8, 4) is 0 Å². The van der Waals surface area contributed by atoms with Crippen LogP contribution in [0.4, 0.5) is 0 Å². The predicted octanol–water partition coefficient (Wildman–Crippen LogP) is 1.10. The monoisotopic (exact) mass is 217 g/mol. The maximum atomic E-state index is 4.29. The Labute approximate surface area is 93.9 Å². The molecule has 1 N–H and O–H groups in total. The van der Waals surface area contributed by atoms with Gasteiger partial charge in [0.1, 0.15) is 6.33 Å². The number of hydrogen-bond acceptors (Lipinski definition) is 4. The van der Waals surface area contributed by atoms with Crippen LogP contribution in [0.25, 0.3) is 5.65 Å². The lowest BCUT2D eigenvalue weighted by Gasteiger charge is -2.13. The highest BCUT2D eigenvalue weighted by atomic mass is 15.3. The number of nitrogens with one attached hydrogen (secondary N) is 1. The Morgan fingerprint density at radius 3 is 3.06 bits per heavy atom. The van der Waals surface area contributed by atoms with Crippen LogP contribution in [0.3, 0.4) is 0 Å². The minimum absolute atomic E-state index is 0.305. The number of nitrogens with zero attached hydrogens (tertiary/aromatic N) is 4. The van der Waals surface area contributed by atoms with Crippen molar-refractivity contribution in [2.75, 3.05) is 6.54 Å². The molecule has 0 amide bonds. The smallest absolute Gasteiger partial charge is 0.163 e. The molecule has 0 aromatic carbocycles. The van der Waals surface area contributed by atoms with E-state index in [-0.39, 0.29) is 0 Å². The van der Waals surface area contributed by atoms with E-state index in [0.29, 0.717) is 12.0 Å². The molecule has 1 fully saturated rings. The van der Waals surface area contributed by atoms with Gasteiger partial charge < -0.3 is 5.32 Å². The molecule has 2 atom stereocenters. The largest absolute Gasteiger partial charge is 0.307 e. The van der Waals surface area contributed by atoms with Crippen molar-refractivity contribution in [2.24, 2.45) is 5.92 Å². The molecule has 1 aliphatic heterocycles. The Bertz CT molecular complexity index is 518. The minimum atomic E-state index is 0.305. The Hall–Kier alpha value is -1.49. The Balaban J connectivity index is 2.10. The first kappa shape index (κ1) is 9.72.